The molecule has 3 nitrogen and oxygen atoms in total. The minimum absolute atomic E-state index is 0.0963. The lowest BCUT2D eigenvalue weighted by Crippen LogP contribution is -2.31. The van der Waals surface area contributed by atoms with Gasteiger partial charge < -0.3 is 10.4 Å². The molecule has 21 heavy (non-hydrogen) atoms. The van der Waals surface area contributed by atoms with Gasteiger partial charge >= 0.3 is 0 Å². The summed E-state index contributed by atoms with van der Waals surface area (Å²) in [7, 11) is 0. The molecule has 3 aromatic rings. The van der Waals surface area contributed by atoms with Crippen LogP contribution in [0.2, 0.25) is 0 Å². The van der Waals surface area contributed by atoms with Crippen LogP contribution in [0.1, 0.15) is 22.9 Å². The summed E-state index contributed by atoms with van der Waals surface area (Å²) in [6.07, 6.45) is 0.938. The van der Waals surface area contributed by atoms with Crippen LogP contribution in [0.5, 0.6) is 5.75 Å². The van der Waals surface area contributed by atoms with E-state index in [4.69, 9.17) is 4.98 Å². The van der Waals surface area contributed by atoms with Crippen LogP contribution >= 0.6 is 0 Å². The highest BCUT2D eigenvalue weighted by atomic mass is 16.3. The van der Waals surface area contributed by atoms with E-state index >= 15 is 0 Å². The summed E-state index contributed by atoms with van der Waals surface area (Å²) in [6, 6.07) is 18.1. The summed E-state index contributed by atoms with van der Waals surface area (Å²) >= 11 is 0. The zero-order chi connectivity index (χ0) is 14.2. The lowest BCUT2D eigenvalue weighted by atomic mass is 9.92. The molecule has 104 valence electrons. The number of fused-ring (bicyclic) bond motifs is 2. The van der Waals surface area contributed by atoms with Crippen molar-refractivity contribution in [3.8, 4) is 5.75 Å². The fourth-order valence-corrected chi connectivity index (χ4v) is 3.06. The van der Waals surface area contributed by atoms with Gasteiger partial charge in [0.15, 0.2) is 0 Å². The molecule has 1 aromatic heterocycles. The number of benzene rings is 2. The Labute approximate surface area is 123 Å². The largest absolute Gasteiger partial charge is 0.508 e. The standard InChI is InChI=1S/C18H16N2O/c21-14-6-7-15-13(11-14)9-10-19-18(15)17-8-5-12-3-1-2-4-16(12)20-17/h1-8,11,18-19,21H,9-10H2. The quantitative estimate of drug-likeness (QED) is 0.717. The first-order chi connectivity index (χ1) is 10.3. The van der Waals surface area contributed by atoms with Gasteiger partial charge in [-0.05, 0) is 41.8 Å². The second-order valence-electron chi connectivity index (χ2n) is 5.45. The Balaban J connectivity index is 1.82. The van der Waals surface area contributed by atoms with Crippen molar-refractivity contribution in [3.63, 3.8) is 0 Å². The van der Waals surface area contributed by atoms with Crippen molar-refractivity contribution >= 4 is 10.9 Å². The van der Waals surface area contributed by atoms with Gasteiger partial charge in [0.2, 0.25) is 0 Å². The zero-order valence-corrected chi connectivity index (χ0v) is 11.6. The molecule has 0 radical (unpaired) electrons. The Hall–Kier alpha value is -2.39. The van der Waals surface area contributed by atoms with Gasteiger partial charge in [-0.3, -0.25) is 4.98 Å². The molecule has 0 fully saturated rings. The molecule has 3 heteroatoms. The van der Waals surface area contributed by atoms with Crippen molar-refractivity contribution < 1.29 is 5.11 Å². The van der Waals surface area contributed by atoms with E-state index in [0.29, 0.717) is 5.75 Å². The zero-order valence-electron chi connectivity index (χ0n) is 11.6. The van der Waals surface area contributed by atoms with E-state index in [1.54, 1.807) is 6.07 Å². The molecule has 1 atom stereocenters. The normalized spacial score (nSPS) is 17.6. The highest BCUT2D eigenvalue weighted by molar-refractivity contribution is 5.78. The van der Waals surface area contributed by atoms with E-state index in [1.165, 1.54) is 11.1 Å². The number of para-hydroxylation sites is 1. The van der Waals surface area contributed by atoms with Gasteiger partial charge in [-0.25, -0.2) is 0 Å². The summed E-state index contributed by atoms with van der Waals surface area (Å²) in [5.41, 5.74) is 4.46. The van der Waals surface area contributed by atoms with Crippen molar-refractivity contribution in [2.24, 2.45) is 0 Å². The van der Waals surface area contributed by atoms with Crippen molar-refractivity contribution in [1.29, 1.82) is 0 Å². The Morgan fingerprint density at radius 2 is 1.95 bits per heavy atom. The van der Waals surface area contributed by atoms with E-state index in [-0.39, 0.29) is 6.04 Å². The maximum absolute atomic E-state index is 9.65. The van der Waals surface area contributed by atoms with Crippen molar-refractivity contribution in [1.82, 2.24) is 10.3 Å². The third-order valence-corrected chi connectivity index (χ3v) is 4.10. The van der Waals surface area contributed by atoms with Gasteiger partial charge in [0.25, 0.3) is 0 Å². The Kier molecular flexibility index (Phi) is 2.86. The molecule has 0 saturated heterocycles. The van der Waals surface area contributed by atoms with Crippen LogP contribution in [-0.4, -0.2) is 16.6 Å². The third-order valence-electron chi connectivity index (χ3n) is 4.10. The predicted molar refractivity (Wildman–Crippen MR) is 83.4 cm³/mol. The van der Waals surface area contributed by atoms with Crippen molar-refractivity contribution in [2.75, 3.05) is 6.54 Å². The topological polar surface area (TPSA) is 45.1 Å². The second kappa shape index (κ2) is 4.86. The summed E-state index contributed by atoms with van der Waals surface area (Å²) in [5.74, 6) is 0.334. The maximum Gasteiger partial charge on any atom is 0.115 e. The smallest absolute Gasteiger partial charge is 0.115 e. The number of hydrogen-bond acceptors (Lipinski definition) is 3. The van der Waals surface area contributed by atoms with Crippen LogP contribution in [-0.2, 0) is 6.42 Å². The summed E-state index contributed by atoms with van der Waals surface area (Å²) in [5, 5.41) is 14.3. The number of aromatic nitrogens is 1. The van der Waals surface area contributed by atoms with Crippen LogP contribution in [0.4, 0.5) is 0 Å². The van der Waals surface area contributed by atoms with E-state index in [1.807, 2.05) is 30.3 Å². The third kappa shape index (κ3) is 2.16. The predicted octanol–water partition coefficient (Wildman–Crippen LogP) is 3.18. The van der Waals surface area contributed by atoms with Gasteiger partial charge in [0.1, 0.15) is 5.75 Å². The maximum atomic E-state index is 9.65. The van der Waals surface area contributed by atoms with Gasteiger partial charge in [0.05, 0.1) is 17.3 Å². The van der Waals surface area contributed by atoms with Crippen LogP contribution in [0.25, 0.3) is 10.9 Å². The van der Waals surface area contributed by atoms with E-state index in [9.17, 15) is 5.11 Å². The van der Waals surface area contributed by atoms with Gasteiger partial charge in [0, 0.05) is 11.9 Å². The van der Waals surface area contributed by atoms with Gasteiger partial charge in [-0.1, -0.05) is 30.3 Å². The van der Waals surface area contributed by atoms with E-state index in [0.717, 1.165) is 29.6 Å². The molecule has 1 unspecified atom stereocenters. The number of phenolic OH excluding ortho intramolecular Hbond substituents is 1. The Bertz CT molecular complexity index is 813. The molecule has 0 bridgehead atoms. The summed E-state index contributed by atoms with van der Waals surface area (Å²) in [6.45, 7) is 0.898. The highest BCUT2D eigenvalue weighted by Crippen LogP contribution is 2.30. The van der Waals surface area contributed by atoms with Crippen LogP contribution in [0, 0.1) is 0 Å². The van der Waals surface area contributed by atoms with Crippen LogP contribution in [0.15, 0.2) is 54.6 Å². The Morgan fingerprint density at radius 1 is 1.05 bits per heavy atom. The molecule has 4 rings (SSSR count). The molecule has 0 aliphatic carbocycles. The number of phenols is 1. The molecule has 2 heterocycles. The SMILES string of the molecule is Oc1ccc2c(c1)CCNC2c1ccc2ccccc2n1. The lowest BCUT2D eigenvalue weighted by molar-refractivity contribution is 0.471. The average molecular weight is 276 g/mol. The molecule has 2 aromatic carbocycles. The summed E-state index contributed by atoms with van der Waals surface area (Å²) in [4.78, 5) is 4.80. The first kappa shape index (κ1) is 12.4. The average Bonchev–Trinajstić information content (AvgIpc) is 2.53. The van der Waals surface area contributed by atoms with Crippen LogP contribution < -0.4 is 5.32 Å². The number of hydrogen-bond donors (Lipinski definition) is 2. The Morgan fingerprint density at radius 3 is 2.90 bits per heavy atom. The fourth-order valence-electron chi connectivity index (χ4n) is 3.06. The first-order valence-electron chi connectivity index (χ1n) is 7.22. The number of nitrogens with one attached hydrogen (secondary N) is 1. The molecule has 1 aliphatic heterocycles. The lowest BCUT2D eigenvalue weighted by Gasteiger charge is -2.27. The minimum atomic E-state index is 0.0963. The highest BCUT2D eigenvalue weighted by Gasteiger charge is 2.22. The number of nitrogens with zero attached hydrogens (tertiary/aromatic N) is 1. The number of pyridine rings is 1. The monoisotopic (exact) mass is 276 g/mol. The fraction of sp³-hybridized carbons (Fsp3) is 0.167. The minimum Gasteiger partial charge on any atom is -0.508 e. The van der Waals surface area contributed by atoms with E-state index < -0.39 is 0 Å². The number of aromatic hydroxyl groups is 1. The molecular weight excluding hydrogens is 260 g/mol. The van der Waals surface area contributed by atoms with Crippen molar-refractivity contribution in [3.05, 3.63) is 71.4 Å². The summed E-state index contributed by atoms with van der Waals surface area (Å²) < 4.78 is 0. The van der Waals surface area contributed by atoms with E-state index in [2.05, 4.69) is 23.5 Å². The first-order valence-corrected chi connectivity index (χ1v) is 7.22. The molecular formula is C18H16N2O. The van der Waals surface area contributed by atoms with Crippen molar-refractivity contribution in [2.45, 2.75) is 12.5 Å². The van der Waals surface area contributed by atoms with Gasteiger partial charge in [-0.2, -0.15) is 0 Å². The number of rotatable bonds is 1. The van der Waals surface area contributed by atoms with Gasteiger partial charge in [-0.15, -0.1) is 0 Å². The molecule has 0 saturated carbocycles. The second-order valence-corrected chi connectivity index (χ2v) is 5.45. The molecule has 0 amide bonds. The van der Waals surface area contributed by atoms with Crippen LogP contribution in [0.3, 0.4) is 0 Å². The molecule has 0 spiro atoms. The molecule has 1 aliphatic rings. The molecule has 2 N–H and O–H groups in total.